The molecule has 0 aromatic heterocycles. The van der Waals surface area contributed by atoms with Gasteiger partial charge in [-0.2, -0.15) is 0 Å². The highest BCUT2D eigenvalue weighted by atomic mass is 16.5. The fraction of sp³-hybridized carbons (Fsp3) is 0.579. The van der Waals surface area contributed by atoms with Gasteiger partial charge >= 0.3 is 0 Å². The average Bonchev–Trinajstić information content (AvgIpc) is 3.06. The Bertz CT molecular complexity index is 609. The number of nitrogens with one attached hydrogen (secondary N) is 2. The Balaban J connectivity index is 1.54. The van der Waals surface area contributed by atoms with Gasteiger partial charge in [-0.3, -0.25) is 9.59 Å². The van der Waals surface area contributed by atoms with E-state index in [0.717, 1.165) is 39.0 Å². The predicted molar refractivity (Wildman–Crippen MR) is 95.7 cm³/mol. The molecule has 1 aromatic carbocycles. The molecule has 1 atom stereocenters. The number of benzene rings is 1. The Hall–Kier alpha value is -2.08. The van der Waals surface area contributed by atoms with Gasteiger partial charge < -0.3 is 20.3 Å². The Labute approximate surface area is 148 Å². The lowest BCUT2D eigenvalue weighted by atomic mass is 9.79. The summed E-state index contributed by atoms with van der Waals surface area (Å²) in [5, 5.41) is 6.12. The Morgan fingerprint density at radius 2 is 2.08 bits per heavy atom. The summed E-state index contributed by atoms with van der Waals surface area (Å²) in [5.74, 6) is 0.745. The first kappa shape index (κ1) is 17.7. The third-order valence-electron chi connectivity index (χ3n) is 5.13. The van der Waals surface area contributed by atoms with Crippen LogP contribution in [0.4, 0.5) is 0 Å². The van der Waals surface area contributed by atoms with Crippen molar-refractivity contribution < 1.29 is 14.3 Å². The minimum atomic E-state index is -0.0682. The number of rotatable bonds is 5. The van der Waals surface area contributed by atoms with E-state index in [9.17, 15) is 9.59 Å². The van der Waals surface area contributed by atoms with E-state index in [2.05, 4.69) is 10.6 Å². The van der Waals surface area contributed by atoms with Crippen molar-refractivity contribution in [1.29, 1.82) is 0 Å². The van der Waals surface area contributed by atoms with Crippen molar-refractivity contribution in [3.63, 3.8) is 0 Å². The molecule has 2 heterocycles. The quantitative estimate of drug-likeness (QED) is 0.792. The molecule has 6 heteroatoms. The first-order valence-corrected chi connectivity index (χ1v) is 9.05. The third kappa shape index (κ3) is 4.51. The maximum atomic E-state index is 12.8. The van der Waals surface area contributed by atoms with Crippen molar-refractivity contribution in [3.05, 3.63) is 29.8 Å². The lowest BCUT2D eigenvalue weighted by Gasteiger charge is -2.40. The van der Waals surface area contributed by atoms with E-state index >= 15 is 0 Å². The van der Waals surface area contributed by atoms with E-state index in [0.29, 0.717) is 24.5 Å². The number of likely N-dealkylation sites (tertiary alicyclic amines) is 1. The Morgan fingerprint density at radius 3 is 2.76 bits per heavy atom. The van der Waals surface area contributed by atoms with Gasteiger partial charge in [0.1, 0.15) is 12.4 Å². The zero-order valence-corrected chi connectivity index (χ0v) is 14.8. The van der Waals surface area contributed by atoms with Gasteiger partial charge in [-0.25, -0.2) is 0 Å². The van der Waals surface area contributed by atoms with Gasteiger partial charge in [0.15, 0.2) is 0 Å². The highest BCUT2D eigenvalue weighted by molar-refractivity contribution is 5.94. The summed E-state index contributed by atoms with van der Waals surface area (Å²) in [6, 6.07) is 7.28. The first-order chi connectivity index (χ1) is 12.1. The van der Waals surface area contributed by atoms with Crippen molar-refractivity contribution in [2.24, 2.45) is 5.41 Å². The summed E-state index contributed by atoms with van der Waals surface area (Å²) in [7, 11) is 0. The molecule has 3 rings (SSSR count). The summed E-state index contributed by atoms with van der Waals surface area (Å²) < 4.78 is 5.56. The zero-order chi connectivity index (χ0) is 17.7. The second-order valence-electron chi connectivity index (χ2n) is 7.11. The van der Waals surface area contributed by atoms with Crippen LogP contribution in [0, 0.1) is 5.41 Å². The van der Waals surface area contributed by atoms with E-state index in [1.165, 1.54) is 13.3 Å². The molecule has 0 saturated carbocycles. The van der Waals surface area contributed by atoms with Crippen LogP contribution in [-0.4, -0.2) is 56.0 Å². The van der Waals surface area contributed by atoms with Gasteiger partial charge in [0.05, 0.1) is 6.54 Å². The van der Waals surface area contributed by atoms with Crippen LogP contribution in [0.5, 0.6) is 5.75 Å². The lowest BCUT2D eigenvalue weighted by molar-refractivity contribution is -0.119. The summed E-state index contributed by atoms with van der Waals surface area (Å²) >= 11 is 0. The maximum absolute atomic E-state index is 12.8. The van der Waals surface area contributed by atoms with Gasteiger partial charge in [0.25, 0.3) is 5.91 Å². The second-order valence-corrected chi connectivity index (χ2v) is 7.11. The minimum Gasteiger partial charge on any atom is -0.492 e. The van der Waals surface area contributed by atoms with Crippen LogP contribution in [0.1, 0.15) is 36.5 Å². The topological polar surface area (TPSA) is 70.7 Å². The Morgan fingerprint density at radius 1 is 1.28 bits per heavy atom. The number of carbonyl (C=O) groups is 2. The average molecular weight is 345 g/mol. The van der Waals surface area contributed by atoms with Crippen molar-refractivity contribution in [1.82, 2.24) is 15.5 Å². The van der Waals surface area contributed by atoms with E-state index in [-0.39, 0.29) is 17.2 Å². The van der Waals surface area contributed by atoms with Gasteiger partial charge in [0.2, 0.25) is 5.91 Å². The highest BCUT2D eigenvalue weighted by Gasteiger charge is 2.39. The summed E-state index contributed by atoms with van der Waals surface area (Å²) in [6.07, 6.45) is 3.46. The SMILES string of the molecule is CC(=O)NCCOc1ccc(C(=O)N2CCCC3(CCNC3)C2)cc1. The largest absolute Gasteiger partial charge is 0.492 e. The van der Waals surface area contributed by atoms with Crippen LogP contribution in [0.15, 0.2) is 24.3 Å². The van der Waals surface area contributed by atoms with Crippen LogP contribution in [0.2, 0.25) is 0 Å². The van der Waals surface area contributed by atoms with Crippen molar-refractivity contribution in [3.8, 4) is 5.75 Å². The molecule has 2 aliphatic heterocycles. The van der Waals surface area contributed by atoms with E-state index in [4.69, 9.17) is 4.74 Å². The van der Waals surface area contributed by atoms with Gasteiger partial charge in [-0.05, 0) is 50.1 Å². The molecule has 2 aliphatic rings. The molecule has 2 fully saturated rings. The van der Waals surface area contributed by atoms with Crippen LogP contribution >= 0.6 is 0 Å². The zero-order valence-electron chi connectivity index (χ0n) is 14.8. The van der Waals surface area contributed by atoms with Crippen LogP contribution in [-0.2, 0) is 4.79 Å². The number of hydrogen-bond donors (Lipinski definition) is 2. The first-order valence-electron chi connectivity index (χ1n) is 9.05. The molecule has 2 amide bonds. The fourth-order valence-corrected chi connectivity index (χ4v) is 3.80. The van der Waals surface area contributed by atoms with Crippen LogP contribution < -0.4 is 15.4 Å². The molecular formula is C19H27N3O3. The molecule has 136 valence electrons. The minimum absolute atomic E-state index is 0.0682. The number of nitrogens with zero attached hydrogens (tertiary/aromatic N) is 1. The molecule has 25 heavy (non-hydrogen) atoms. The Kier molecular flexibility index (Phi) is 5.58. The standard InChI is InChI=1S/C19H27N3O3/c1-15(23)21-10-12-25-17-5-3-16(4-6-17)18(24)22-11-2-7-19(14-22)8-9-20-13-19/h3-6,20H,2,7-14H2,1H3,(H,21,23). The monoisotopic (exact) mass is 345 g/mol. The summed E-state index contributed by atoms with van der Waals surface area (Å²) in [5.41, 5.74) is 0.984. The normalized spacial score (nSPS) is 22.8. The number of amides is 2. The van der Waals surface area contributed by atoms with Gasteiger partial charge in [-0.1, -0.05) is 0 Å². The molecule has 0 aliphatic carbocycles. The second kappa shape index (κ2) is 7.87. The number of ether oxygens (including phenoxy) is 1. The lowest BCUT2D eigenvalue weighted by Crippen LogP contribution is -2.47. The molecule has 2 N–H and O–H groups in total. The van der Waals surface area contributed by atoms with E-state index < -0.39 is 0 Å². The fourth-order valence-electron chi connectivity index (χ4n) is 3.80. The summed E-state index contributed by atoms with van der Waals surface area (Å²) in [6.45, 7) is 6.15. The van der Waals surface area contributed by atoms with Gasteiger partial charge in [0, 0.05) is 37.5 Å². The number of hydrogen-bond acceptors (Lipinski definition) is 4. The molecule has 1 aromatic rings. The van der Waals surface area contributed by atoms with E-state index in [1.54, 1.807) is 0 Å². The molecule has 1 unspecified atom stereocenters. The summed E-state index contributed by atoms with van der Waals surface area (Å²) in [4.78, 5) is 25.6. The van der Waals surface area contributed by atoms with Crippen molar-refractivity contribution >= 4 is 11.8 Å². The molecule has 6 nitrogen and oxygen atoms in total. The van der Waals surface area contributed by atoms with Gasteiger partial charge in [-0.15, -0.1) is 0 Å². The number of piperidine rings is 1. The number of carbonyl (C=O) groups excluding carboxylic acids is 2. The van der Waals surface area contributed by atoms with Crippen molar-refractivity contribution in [2.75, 3.05) is 39.3 Å². The molecular weight excluding hydrogens is 318 g/mol. The van der Waals surface area contributed by atoms with E-state index in [1.807, 2.05) is 29.2 Å². The van der Waals surface area contributed by atoms with Crippen LogP contribution in [0.25, 0.3) is 0 Å². The molecule has 0 bridgehead atoms. The maximum Gasteiger partial charge on any atom is 0.253 e. The van der Waals surface area contributed by atoms with Crippen molar-refractivity contribution in [2.45, 2.75) is 26.2 Å². The smallest absolute Gasteiger partial charge is 0.253 e. The third-order valence-corrected chi connectivity index (χ3v) is 5.13. The highest BCUT2D eigenvalue weighted by Crippen LogP contribution is 2.36. The molecule has 0 radical (unpaired) electrons. The van der Waals surface area contributed by atoms with Crippen LogP contribution in [0.3, 0.4) is 0 Å². The molecule has 2 saturated heterocycles. The molecule has 1 spiro atoms. The predicted octanol–water partition coefficient (Wildman–Crippen LogP) is 1.42.